The van der Waals surface area contributed by atoms with Crippen LogP contribution in [0.25, 0.3) is 11.1 Å². The summed E-state index contributed by atoms with van der Waals surface area (Å²) in [5.41, 5.74) is 0.562. The van der Waals surface area contributed by atoms with Crippen molar-refractivity contribution in [3.63, 3.8) is 0 Å². The minimum atomic E-state index is -4.38. The maximum absolute atomic E-state index is 15.1. The number of halogens is 1. The molecule has 5 rings (SSSR count). The summed E-state index contributed by atoms with van der Waals surface area (Å²) >= 11 is 0.778. The Bertz CT molecular complexity index is 1610. The lowest BCUT2D eigenvalue weighted by molar-refractivity contribution is -0.112. The molecule has 1 aliphatic carbocycles. The molecular formula is C21H15FN4O5S2. The number of oxazole rings is 1. The van der Waals surface area contributed by atoms with Gasteiger partial charge >= 0.3 is 5.76 Å². The predicted octanol–water partition coefficient (Wildman–Crippen LogP) is 2.75. The molecule has 1 atom stereocenters. The lowest BCUT2D eigenvalue weighted by Crippen LogP contribution is -2.42. The van der Waals surface area contributed by atoms with E-state index in [9.17, 15) is 18.0 Å². The minimum Gasteiger partial charge on any atom is -0.408 e. The molecule has 0 amide bonds. The van der Waals surface area contributed by atoms with Gasteiger partial charge in [-0.3, -0.25) is 14.1 Å². The lowest BCUT2D eigenvalue weighted by Gasteiger charge is -2.32. The number of aryl methyl sites for hydroxylation is 1. The fourth-order valence-corrected chi connectivity index (χ4v) is 5.85. The number of aldehydes is 1. The smallest absolute Gasteiger partial charge is 0.408 e. The van der Waals surface area contributed by atoms with Gasteiger partial charge in [0, 0.05) is 23.7 Å². The molecule has 12 heteroatoms. The maximum atomic E-state index is 15.1. The average Bonchev–Trinajstić information content (AvgIpc) is 3.39. The van der Waals surface area contributed by atoms with Crippen molar-refractivity contribution in [3.05, 3.63) is 81.9 Å². The van der Waals surface area contributed by atoms with Crippen LogP contribution in [-0.2, 0) is 26.8 Å². The van der Waals surface area contributed by atoms with Gasteiger partial charge in [0.1, 0.15) is 17.0 Å². The van der Waals surface area contributed by atoms with Gasteiger partial charge in [-0.25, -0.2) is 22.6 Å². The number of carbonyl (C=O) groups excluding carboxylic acids is 1. The van der Waals surface area contributed by atoms with E-state index in [0.717, 1.165) is 45.7 Å². The molecule has 0 aliphatic heterocycles. The zero-order valence-corrected chi connectivity index (χ0v) is 18.6. The Labute approximate surface area is 190 Å². The van der Waals surface area contributed by atoms with E-state index in [0.29, 0.717) is 18.3 Å². The standard InChI is InChI=1S/C21H15FN4O5S2/c1-12-4-2-6-14-13(12)5-3-7-21(14,10-27)26-16-8-15(22)18(9-17(16)31-20(26)28)33(29,30)25-19-23-11-24-32-19/h2-4,6-11H,5H2,1H3,(H,23,24,25). The largest absolute Gasteiger partial charge is 0.421 e. The quantitative estimate of drug-likeness (QED) is 0.340. The van der Waals surface area contributed by atoms with E-state index >= 15 is 4.39 Å². The second-order valence-electron chi connectivity index (χ2n) is 7.46. The molecule has 0 saturated carbocycles. The van der Waals surface area contributed by atoms with Crippen molar-refractivity contribution in [2.45, 2.75) is 23.8 Å². The molecule has 1 N–H and O–H groups in total. The normalized spacial score (nSPS) is 17.8. The van der Waals surface area contributed by atoms with Gasteiger partial charge in [0.05, 0.1) is 5.52 Å². The highest BCUT2D eigenvalue weighted by Crippen LogP contribution is 2.37. The van der Waals surface area contributed by atoms with Gasteiger partial charge < -0.3 is 4.42 Å². The van der Waals surface area contributed by atoms with Crippen LogP contribution < -0.4 is 10.5 Å². The van der Waals surface area contributed by atoms with Gasteiger partial charge in [0.15, 0.2) is 17.4 Å². The van der Waals surface area contributed by atoms with E-state index in [1.165, 1.54) is 0 Å². The van der Waals surface area contributed by atoms with Gasteiger partial charge in [-0.15, -0.1) is 0 Å². The number of hydrogen-bond donors (Lipinski definition) is 1. The second kappa shape index (κ2) is 7.46. The highest BCUT2D eigenvalue weighted by Gasteiger charge is 2.39. The first-order valence-electron chi connectivity index (χ1n) is 9.65. The van der Waals surface area contributed by atoms with E-state index < -0.39 is 32.0 Å². The van der Waals surface area contributed by atoms with E-state index in [4.69, 9.17) is 4.42 Å². The Kier molecular flexibility index (Phi) is 4.79. The third-order valence-corrected chi connectivity index (χ3v) is 7.66. The lowest BCUT2D eigenvalue weighted by atomic mass is 9.80. The number of fused-ring (bicyclic) bond motifs is 2. The van der Waals surface area contributed by atoms with Gasteiger partial charge in [0.2, 0.25) is 5.13 Å². The molecule has 2 aromatic carbocycles. The first kappa shape index (κ1) is 21.2. The molecule has 2 aromatic heterocycles. The number of hydrogen-bond acceptors (Lipinski definition) is 8. The highest BCUT2D eigenvalue weighted by atomic mass is 32.2. The Morgan fingerprint density at radius 3 is 2.88 bits per heavy atom. The number of allylic oxidation sites excluding steroid dienone is 2. The van der Waals surface area contributed by atoms with Crippen LogP contribution >= 0.6 is 11.5 Å². The molecule has 4 aromatic rings. The summed E-state index contributed by atoms with van der Waals surface area (Å²) in [6.07, 6.45) is 5.64. The molecule has 0 saturated heterocycles. The Morgan fingerprint density at radius 2 is 2.15 bits per heavy atom. The highest BCUT2D eigenvalue weighted by molar-refractivity contribution is 7.93. The summed E-state index contributed by atoms with van der Waals surface area (Å²) < 4.78 is 52.6. The van der Waals surface area contributed by atoms with Crippen molar-refractivity contribution in [1.82, 2.24) is 13.9 Å². The molecule has 0 bridgehead atoms. The van der Waals surface area contributed by atoms with Crippen LogP contribution in [0.15, 0.2) is 62.9 Å². The topological polar surface area (TPSA) is 124 Å². The summed E-state index contributed by atoms with van der Waals surface area (Å²) in [7, 11) is -4.38. The summed E-state index contributed by atoms with van der Waals surface area (Å²) in [6, 6.07) is 7.17. The van der Waals surface area contributed by atoms with E-state index in [1.54, 1.807) is 24.3 Å². The van der Waals surface area contributed by atoms with Crippen molar-refractivity contribution in [2.24, 2.45) is 0 Å². The Morgan fingerprint density at radius 1 is 1.33 bits per heavy atom. The number of carbonyl (C=O) groups is 1. The molecule has 168 valence electrons. The van der Waals surface area contributed by atoms with Crippen LogP contribution in [0.4, 0.5) is 9.52 Å². The fraction of sp³-hybridized carbons (Fsp3) is 0.143. The summed E-state index contributed by atoms with van der Waals surface area (Å²) in [5.74, 6) is -2.05. The van der Waals surface area contributed by atoms with Crippen molar-refractivity contribution in [1.29, 1.82) is 0 Å². The van der Waals surface area contributed by atoms with E-state index in [1.807, 2.05) is 13.0 Å². The second-order valence-corrected chi connectivity index (χ2v) is 9.89. The summed E-state index contributed by atoms with van der Waals surface area (Å²) in [6.45, 7) is 1.89. The zero-order valence-electron chi connectivity index (χ0n) is 17.0. The molecule has 1 aliphatic rings. The van der Waals surface area contributed by atoms with Crippen LogP contribution in [-0.4, -0.2) is 28.6 Å². The van der Waals surface area contributed by atoms with Crippen molar-refractivity contribution in [2.75, 3.05) is 4.72 Å². The molecule has 1 unspecified atom stereocenters. The van der Waals surface area contributed by atoms with Crippen LogP contribution in [0.2, 0.25) is 0 Å². The van der Waals surface area contributed by atoms with Crippen molar-refractivity contribution < 1.29 is 22.0 Å². The first-order chi connectivity index (χ1) is 15.8. The molecule has 0 spiro atoms. The number of sulfonamides is 1. The number of anilines is 1. The van der Waals surface area contributed by atoms with E-state index in [-0.39, 0.29) is 16.2 Å². The van der Waals surface area contributed by atoms with Crippen molar-refractivity contribution in [3.8, 4) is 0 Å². The van der Waals surface area contributed by atoms with Crippen molar-refractivity contribution >= 4 is 44.1 Å². The molecule has 33 heavy (non-hydrogen) atoms. The minimum absolute atomic E-state index is 0.0484. The van der Waals surface area contributed by atoms with Crippen LogP contribution in [0, 0.1) is 12.7 Å². The molecule has 2 heterocycles. The third-order valence-electron chi connectivity index (χ3n) is 5.59. The SMILES string of the molecule is Cc1cccc2c1CC=CC2(C=O)n1c(=O)oc2cc(S(=O)(=O)Nc3ncns3)c(F)cc21. The summed E-state index contributed by atoms with van der Waals surface area (Å²) in [5, 5.41) is -0.0484. The third kappa shape index (κ3) is 3.21. The van der Waals surface area contributed by atoms with Crippen LogP contribution in [0.1, 0.15) is 16.7 Å². The van der Waals surface area contributed by atoms with Gasteiger partial charge in [0.25, 0.3) is 10.0 Å². The van der Waals surface area contributed by atoms with Gasteiger partial charge in [-0.05, 0) is 30.0 Å². The maximum Gasteiger partial charge on any atom is 0.421 e. The number of aromatic nitrogens is 3. The molecule has 9 nitrogen and oxygen atoms in total. The Hall–Kier alpha value is -3.64. The number of nitrogens with zero attached hydrogens (tertiary/aromatic N) is 3. The zero-order chi connectivity index (χ0) is 23.4. The fourth-order valence-electron chi connectivity index (χ4n) is 4.11. The predicted molar refractivity (Wildman–Crippen MR) is 118 cm³/mol. The number of benzene rings is 2. The monoisotopic (exact) mass is 486 g/mol. The molecular weight excluding hydrogens is 471 g/mol. The number of nitrogens with one attached hydrogen (secondary N) is 1. The summed E-state index contributed by atoms with van der Waals surface area (Å²) in [4.78, 5) is 28.4. The average molecular weight is 487 g/mol. The molecule has 0 fully saturated rings. The molecule has 0 radical (unpaired) electrons. The van der Waals surface area contributed by atoms with Gasteiger partial charge in [-0.2, -0.15) is 4.37 Å². The van der Waals surface area contributed by atoms with Crippen LogP contribution in [0.3, 0.4) is 0 Å². The van der Waals surface area contributed by atoms with Gasteiger partial charge in [-0.1, -0.05) is 30.4 Å². The first-order valence-corrected chi connectivity index (χ1v) is 11.9. The Balaban J connectivity index is 1.73. The van der Waals surface area contributed by atoms with Crippen LogP contribution in [0.5, 0.6) is 0 Å². The van der Waals surface area contributed by atoms with E-state index in [2.05, 4.69) is 14.1 Å². The number of rotatable bonds is 5.